The fourth-order valence-corrected chi connectivity index (χ4v) is 6.74. The Kier molecular flexibility index (Phi) is 8.13. The number of nitrogens with two attached hydrogens (primary N) is 2. The second-order valence-corrected chi connectivity index (χ2v) is 12.2. The van der Waals surface area contributed by atoms with Crippen molar-refractivity contribution in [3.8, 4) is 11.4 Å². The van der Waals surface area contributed by atoms with Crippen molar-refractivity contribution in [2.45, 2.75) is 39.3 Å². The number of piperidine rings is 1. The summed E-state index contributed by atoms with van der Waals surface area (Å²) >= 11 is 0. The molecule has 0 spiro atoms. The van der Waals surface area contributed by atoms with Gasteiger partial charge in [0.25, 0.3) is 0 Å². The molecule has 13 nitrogen and oxygen atoms in total. The second kappa shape index (κ2) is 11.8. The molecule has 0 amide bonds. The van der Waals surface area contributed by atoms with Crippen LogP contribution >= 0.6 is 0 Å². The van der Waals surface area contributed by atoms with Gasteiger partial charge in [-0.3, -0.25) is 10.8 Å². The normalized spacial score (nSPS) is 18.5. The van der Waals surface area contributed by atoms with Gasteiger partial charge in [-0.25, -0.2) is 18.0 Å². The first-order chi connectivity index (χ1) is 20.5. The van der Waals surface area contributed by atoms with Crippen LogP contribution in [0.1, 0.15) is 42.3 Å². The standard InChI is InChI=1S/C29H34N8O5S/c1-3-41-28(38)26-16-20-15-24(42-23-9-11-35(12-10-23)29(32)33)7-8-25(20)36(43(26,39)40)17-22-13-18(2)34-37(22)21-6-4-5-19(14-21)27(30)31/h4-8,13-16,23H,3,9-12,17H2,1-2H3,(H3,30,31)(H3,32,33)/p+1. The minimum Gasteiger partial charge on any atom is -0.490 e. The van der Waals surface area contributed by atoms with Crippen LogP contribution in [-0.4, -0.2) is 66.7 Å². The van der Waals surface area contributed by atoms with Crippen LogP contribution in [0.2, 0.25) is 0 Å². The van der Waals surface area contributed by atoms with Gasteiger partial charge in [-0.1, -0.05) is 12.1 Å². The van der Waals surface area contributed by atoms with Crippen LogP contribution in [0.15, 0.2) is 53.4 Å². The van der Waals surface area contributed by atoms with Gasteiger partial charge in [0.1, 0.15) is 17.7 Å². The van der Waals surface area contributed by atoms with Gasteiger partial charge in [0.15, 0.2) is 5.96 Å². The van der Waals surface area contributed by atoms with Crippen LogP contribution < -0.4 is 20.5 Å². The molecule has 226 valence electrons. The van der Waals surface area contributed by atoms with Crippen LogP contribution in [-0.2, 0) is 26.1 Å². The Balaban J connectivity index is 1.51. The van der Waals surface area contributed by atoms with E-state index in [9.17, 15) is 13.2 Å². The number of nitrogens with one attached hydrogen (secondary N) is 2. The smallest absolute Gasteiger partial charge is 0.406 e. The van der Waals surface area contributed by atoms with E-state index in [1.54, 1.807) is 65.0 Å². The molecule has 1 atom stereocenters. The highest BCUT2D eigenvalue weighted by atomic mass is 32.2. The number of aryl methyl sites for hydroxylation is 1. The van der Waals surface area contributed by atoms with Crippen molar-refractivity contribution in [1.82, 2.24) is 14.7 Å². The van der Waals surface area contributed by atoms with E-state index in [0.29, 0.717) is 65.6 Å². The van der Waals surface area contributed by atoms with E-state index in [1.165, 1.54) is 10.4 Å². The Bertz CT molecular complexity index is 1720. The number of likely N-dealkylation sites (tertiary alicyclic amines) is 1. The molecule has 0 saturated carbocycles. The number of hydrogen-bond donors (Lipinski definition) is 4. The van der Waals surface area contributed by atoms with E-state index in [0.717, 1.165) is 0 Å². The van der Waals surface area contributed by atoms with Crippen molar-refractivity contribution in [3.63, 3.8) is 0 Å². The largest absolute Gasteiger partial charge is 0.490 e. The molecule has 2 aliphatic rings. The molecular weight excluding hydrogens is 572 g/mol. The lowest BCUT2D eigenvalue weighted by Gasteiger charge is -2.32. The fourth-order valence-electron chi connectivity index (χ4n) is 5.21. The zero-order valence-electron chi connectivity index (χ0n) is 23.9. The predicted molar refractivity (Wildman–Crippen MR) is 164 cm³/mol. The Hall–Kier alpha value is -4.85. The van der Waals surface area contributed by atoms with Gasteiger partial charge in [0.05, 0.1) is 35.9 Å². The van der Waals surface area contributed by atoms with Crippen LogP contribution in [0.4, 0.5) is 5.69 Å². The van der Waals surface area contributed by atoms with Gasteiger partial charge in [0, 0.05) is 37.1 Å². The topological polar surface area (TPSA) is 198 Å². The number of benzene rings is 2. The number of amidine groups is 1. The number of esters is 1. The van der Waals surface area contributed by atoms with Gasteiger partial charge in [0.2, 0.25) is 4.91 Å². The number of aromatic nitrogens is 2. The van der Waals surface area contributed by atoms with Crippen molar-refractivity contribution >= 4 is 39.6 Å². The van der Waals surface area contributed by atoms with Gasteiger partial charge in [-0.2, -0.15) is 9.31 Å². The summed E-state index contributed by atoms with van der Waals surface area (Å²) in [7, 11) is -4.07. The Morgan fingerprint density at radius 1 is 1.14 bits per heavy atom. The van der Waals surface area contributed by atoms with Gasteiger partial charge in [-0.05, 0) is 56.3 Å². The number of hydrogen-bond acceptors (Lipinski definition) is 7. The molecule has 2 aromatic carbocycles. The first-order valence-corrected chi connectivity index (χ1v) is 15.3. The molecular formula is C29H35N8O5S+. The average molecular weight is 608 g/mol. The quantitative estimate of drug-likeness (QED) is 0.130. The zero-order valence-corrected chi connectivity index (χ0v) is 24.8. The first kappa shape index (κ1) is 29.6. The molecule has 3 aromatic rings. The van der Waals surface area contributed by atoms with Crippen LogP contribution in [0, 0.1) is 17.7 Å². The lowest BCUT2D eigenvalue weighted by atomic mass is 10.1. The van der Waals surface area contributed by atoms with Gasteiger partial charge < -0.3 is 25.8 Å². The Morgan fingerprint density at radius 2 is 1.88 bits per heavy atom. The SMILES string of the molecule is CCOC(=O)C1=Cc2cc(OC3CCN(C(=N)N)CC3)ccc2N(Cc2cc(C)nn2-c2cccc(C(=N)N)c2)S1(=O)=[OH+]. The molecule has 1 fully saturated rings. The molecule has 14 heteroatoms. The summed E-state index contributed by atoms with van der Waals surface area (Å²) in [5.74, 6) is -0.387. The highest BCUT2D eigenvalue weighted by Gasteiger charge is 2.43. The molecule has 0 bridgehead atoms. The third-order valence-electron chi connectivity index (χ3n) is 7.31. The number of nitrogen functional groups attached to an aromatic ring is 1. The number of carbonyl (C=O) groups excluding carboxylic acids is 1. The van der Waals surface area contributed by atoms with Gasteiger partial charge >= 0.3 is 16.0 Å². The third-order valence-corrected chi connectivity index (χ3v) is 9.09. The number of anilines is 1. The number of guanidine groups is 1. The molecule has 0 aliphatic carbocycles. The maximum atomic E-state index is 14.0. The predicted octanol–water partition coefficient (Wildman–Crippen LogP) is 2.61. The van der Waals surface area contributed by atoms with E-state index in [-0.39, 0.29) is 36.0 Å². The summed E-state index contributed by atoms with van der Waals surface area (Å²) < 4.78 is 39.7. The molecule has 2 aliphatic heterocycles. The monoisotopic (exact) mass is 607 g/mol. The van der Waals surface area contributed by atoms with E-state index < -0.39 is 16.0 Å². The van der Waals surface area contributed by atoms with Crippen molar-refractivity contribution < 1.29 is 22.7 Å². The minimum absolute atomic E-state index is 0.0408. The summed E-state index contributed by atoms with van der Waals surface area (Å²) in [4.78, 5) is 14.4. The van der Waals surface area contributed by atoms with E-state index in [1.807, 2.05) is 6.92 Å². The Morgan fingerprint density at radius 3 is 2.56 bits per heavy atom. The van der Waals surface area contributed by atoms with E-state index in [2.05, 4.69) is 5.10 Å². The van der Waals surface area contributed by atoms with Crippen molar-refractivity contribution in [2.75, 3.05) is 24.0 Å². The highest BCUT2D eigenvalue weighted by molar-refractivity contribution is 7.97. The minimum atomic E-state index is -4.07. The number of nitrogens with zero attached hydrogens (tertiary/aromatic N) is 4. The van der Waals surface area contributed by atoms with E-state index in [4.69, 9.17) is 31.8 Å². The number of carbonyl (C=O) groups is 1. The number of ether oxygens (including phenoxy) is 2. The average Bonchev–Trinajstić information content (AvgIpc) is 3.34. The van der Waals surface area contributed by atoms with Crippen molar-refractivity contribution in [1.29, 1.82) is 10.8 Å². The maximum absolute atomic E-state index is 14.0. The van der Waals surface area contributed by atoms with Gasteiger partial charge in [-0.15, -0.1) is 0 Å². The lowest BCUT2D eigenvalue weighted by molar-refractivity contribution is -0.137. The summed E-state index contributed by atoms with van der Waals surface area (Å²) in [5, 5.41) is 20.0. The lowest BCUT2D eigenvalue weighted by Crippen LogP contribution is -2.44. The summed E-state index contributed by atoms with van der Waals surface area (Å²) in [6, 6.07) is 14.0. The number of rotatable bonds is 8. The molecule has 1 unspecified atom stereocenters. The fraction of sp³-hybridized carbons (Fsp3) is 0.310. The van der Waals surface area contributed by atoms with E-state index >= 15 is 0 Å². The van der Waals surface area contributed by atoms with Crippen LogP contribution in [0.3, 0.4) is 0 Å². The molecule has 1 aromatic heterocycles. The van der Waals surface area contributed by atoms with Crippen LogP contribution in [0.5, 0.6) is 5.75 Å². The highest BCUT2D eigenvalue weighted by Crippen LogP contribution is 2.38. The summed E-state index contributed by atoms with van der Waals surface area (Å²) in [6.07, 6.45) is 2.67. The Labute approximate surface area is 249 Å². The third kappa shape index (κ3) is 6.04. The number of fused-ring (bicyclic) bond motifs is 1. The summed E-state index contributed by atoms with van der Waals surface area (Å²) in [5.41, 5.74) is 14.6. The van der Waals surface area contributed by atoms with Crippen molar-refractivity contribution in [2.24, 2.45) is 11.5 Å². The molecule has 0 radical (unpaired) electrons. The molecule has 7 N–H and O–H groups in total. The first-order valence-electron chi connectivity index (χ1n) is 13.8. The second-order valence-electron chi connectivity index (χ2n) is 10.3. The molecule has 3 heterocycles. The molecule has 5 rings (SSSR count). The summed E-state index contributed by atoms with van der Waals surface area (Å²) in [6.45, 7) is 4.63. The van der Waals surface area contributed by atoms with Crippen LogP contribution in [0.25, 0.3) is 11.8 Å². The molecule has 43 heavy (non-hydrogen) atoms. The van der Waals surface area contributed by atoms with Crippen molar-refractivity contribution in [3.05, 3.63) is 76.0 Å². The molecule has 1 saturated heterocycles. The zero-order chi connectivity index (χ0) is 30.9. The maximum Gasteiger partial charge on any atom is 0.406 e.